The second kappa shape index (κ2) is 7.71. The summed E-state index contributed by atoms with van der Waals surface area (Å²) in [5, 5.41) is -0.0471. The van der Waals surface area contributed by atoms with E-state index in [1.165, 1.54) is 0 Å². The van der Waals surface area contributed by atoms with Crippen molar-refractivity contribution in [1.82, 2.24) is 4.90 Å². The summed E-state index contributed by atoms with van der Waals surface area (Å²) >= 11 is 3.51. The number of methoxy groups -OCH3 is 2. The van der Waals surface area contributed by atoms with Gasteiger partial charge in [0, 0.05) is 17.0 Å². The Morgan fingerprint density at radius 1 is 1.26 bits per heavy atom. The van der Waals surface area contributed by atoms with Gasteiger partial charge in [-0.15, -0.1) is 11.8 Å². The van der Waals surface area contributed by atoms with E-state index in [2.05, 4.69) is 20.8 Å². The third-order valence-electron chi connectivity index (χ3n) is 3.55. The van der Waals surface area contributed by atoms with E-state index in [1.54, 1.807) is 26.0 Å². The first kappa shape index (κ1) is 18.3. The normalized spacial score (nSPS) is 18.4. The van der Waals surface area contributed by atoms with E-state index in [0.717, 1.165) is 29.4 Å². The number of hydrogen-bond donors (Lipinski definition) is 0. The Balaban J connectivity index is 2.22. The third-order valence-corrected chi connectivity index (χ3v) is 6.02. The van der Waals surface area contributed by atoms with Gasteiger partial charge in [0.25, 0.3) is 0 Å². The van der Waals surface area contributed by atoms with E-state index in [4.69, 9.17) is 9.47 Å². The molecule has 0 bridgehead atoms. The van der Waals surface area contributed by atoms with Gasteiger partial charge in [-0.25, -0.2) is 0 Å². The van der Waals surface area contributed by atoms with E-state index in [0.29, 0.717) is 5.75 Å². The SMILES string of the molecule is COc1cccc(OC)c1C1SCC(=O)N1CCSC(C)(C)C. The molecule has 23 heavy (non-hydrogen) atoms. The van der Waals surface area contributed by atoms with Gasteiger partial charge in [0.2, 0.25) is 5.91 Å². The van der Waals surface area contributed by atoms with Gasteiger partial charge in [-0.2, -0.15) is 11.8 Å². The van der Waals surface area contributed by atoms with Crippen molar-refractivity contribution in [2.75, 3.05) is 32.3 Å². The minimum Gasteiger partial charge on any atom is -0.496 e. The number of carbonyl (C=O) groups is 1. The molecule has 6 heteroatoms. The summed E-state index contributed by atoms with van der Waals surface area (Å²) < 4.78 is 11.2. The first-order valence-electron chi connectivity index (χ1n) is 7.63. The summed E-state index contributed by atoms with van der Waals surface area (Å²) in [6.07, 6.45) is 0. The second-order valence-electron chi connectivity index (χ2n) is 6.29. The summed E-state index contributed by atoms with van der Waals surface area (Å²) in [5.41, 5.74) is 0.953. The maximum Gasteiger partial charge on any atom is 0.233 e. The van der Waals surface area contributed by atoms with E-state index < -0.39 is 0 Å². The molecule has 1 unspecified atom stereocenters. The van der Waals surface area contributed by atoms with Crippen LogP contribution in [0.25, 0.3) is 0 Å². The predicted molar refractivity (Wildman–Crippen MR) is 98.7 cm³/mol. The molecule has 128 valence electrons. The second-order valence-corrected chi connectivity index (χ2v) is 9.28. The quantitative estimate of drug-likeness (QED) is 0.776. The number of thioether (sulfide) groups is 2. The topological polar surface area (TPSA) is 38.8 Å². The zero-order valence-corrected chi connectivity index (χ0v) is 16.1. The highest BCUT2D eigenvalue weighted by atomic mass is 32.2. The molecule has 4 nitrogen and oxygen atoms in total. The molecule has 1 atom stereocenters. The number of benzene rings is 1. The number of amides is 1. The Morgan fingerprint density at radius 2 is 1.87 bits per heavy atom. The maximum atomic E-state index is 12.3. The van der Waals surface area contributed by atoms with Crippen molar-refractivity contribution in [1.29, 1.82) is 0 Å². The first-order chi connectivity index (χ1) is 10.9. The van der Waals surface area contributed by atoms with Crippen LogP contribution in [0.5, 0.6) is 11.5 Å². The molecule has 2 rings (SSSR count). The Morgan fingerprint density at radius 3 is 2.39 bits per heavy atom. The molecule has 1 fully saturated rings. The fraction of sp³-hybridized carbons (Fsp3) is 0.588. The highest BCUT2D eigenvalue weighted by Crippen LogP contribution is 2.46. The molecule has 1 amide bonds. The number of rotatable bonds is 6. The molecule has 1 aliphatic rings. The van der Waals surface area contributed by atoms with Crippen molar-refractivity contribution in [2.45, 2.75) is 30.9 Å². The monoisotopic (exact) mass is 355 g/mol. The van der Waals surface area contributed by atoms with Gasteiger partial charge in [0.15, 0.2) is 0 Å². The molecule has 1 aliphatic heterocycles. The van der Waals surface area contributed by atoms with Crippen LogP contribution in [-0.2, 0) is 4.79 Å². The lowest BCUT2D eigenvalue weighted by Gasteiger charge is -2.28. The Hall–Kier alpha value is -1.01. The molecule has 0 spiro atoms. The molecule has 0 N–H and O–H groups in total. The lowest BCUT2D eigenvalue weighted by molar-refractivity contribution is -0.127. The average Bonchev–Trinajstić information content (AvgIpc) is 2.86. The van der Waals surface area contributed by atoms with Gasteiger partial charge < -0.3 is 14.4 Å². The zero-order chi connectivity index (χ0) is 17.0. The summed E-state index contributed by atoms with van der Waals surface area (Å²) in [7, 11) is 3.30. The molecule has 0 aliphatic carbocycles. The minimum absolute atomic E-state index is 0.0471. The van der Waals surface area contributed by atoms with Crippen LogP contribution >= 0.6 is 23.5 Å². The van der Waals surface area contributed by atoms with Gasteiger partial charge in [-0.1, -0.05) is 26.8 Å². The van der Waals surface area contributed by atoms with Crippen molar-refractivity contribution in [3.8, 4) is 11.5 Å². The number of ether oxygens (including phenoxy) is 2. The van der Waals surface area contributed by atoms with Crippen molar-refractivity contribution in [3.63, 3.8) is 0 Å². The van der Waals surface area contributed by atoms with Crippen LogP contribution in [0.1, 0.15) is 31.7 Å². The van der Waals surface area contributed by atoms with E-state index in [1.807, 2.05) is 34.9 Å². The summed E-state index contributed by atoms with van der Waals surface area (Å²) in [6.45, 7) is 7.32. The highest BCUT2D eigenvalue weighted by Gasteiger charge is 2.36. The Kier molecular flexibility index (Phi) is 6.14. The molecule has 0 saturated carbocycles. The fourth-order valence-electron chi connectivity index (χ4n) is 2.51. The van der Waals surface area contributed by atoms with E-state index in [-0.39, 0.29) is 16.0 Å². The summed E-state index contributed by atoms with van der Waals surface area (Å²) in [6, 6.07) is 5.75. The van der Waals surface area contributed by atoms with Crippen molar-refractivity contribution in [2.24, 2.45) is 0 Å². The molecular weight excluding hydrogens is 330 g/mol. The summed E-state index contributed by atoms with van der Waals surface area (Å²) in [5.74, 6) is 3.15. The van der Waals surface area contributed by atoms with Gasteiger partial charge in [-0.05, 0) is 12.1 Å². The van der Waals surface area contributed by atoms with Crippen LogP contribution < -0.4 is 9.47 Å². The molecule has 0 radical (unpaired) electrons. The van der Waals surface area contributed by atoms with Gasteiger partial charge in [-0.3, -0.25) is 4.79 Å². The predicted octanol–water partition coefficient (Wildman–Crippen LogP) is 3.81. The van der Waals surface area contributed by atoms with Crippen LogP contribution in [0, 0.1) is 0 Å². The summed E-state index contributed by atoms with van der Waals surface area (Å²) in [4.78, 5) is 14.3. The smallest absolute Gasteiger partial charge is 0.233 e. The van der Waals surface area contributed by atoms with Crippen LogP contribution in [0.4, 0.5) is 0 Å². The lowest BCUT2D eigenvalue weighted by Crippen LogP contribution is -2.31. The highest BCUT2D eigenvalue weighted by molar-refractivity contribution is 8.01. The number of carbonyl (C=O) groups excluding carboxylic acids is 1. The molecule has 1 heterocycles. The molecule has 1 aromatic carbocycles. The van der Waals surface area contributed by atoms with Crippen LogP contribution in [0.3, 0.4) is 0 Å². The first-order valence-corrected chi connectivity index (χ1v) is 9.66. The molecule has 1 saturated heterocycles. The van der Waals surface area contributed by atoms with Crippen molar-refractivity contribution >= 4 is 29.4 Å². The fourth-order valence-corrected chi connectivity index (χ4v) is 4.68. The van der Waals surface area contributed by atoms with Crippen LogP contribution in [0.2, 0.25) is 0 Å². The van der Waals surface area contributed by atoms with Gasteiger partial charge in [0.1, 0.15) is 16.9 Å². The molecular formula is C17H25NO3S2. The zero-order valence-electron chi connectivity index (χ0n) is 14.4. The van der Waals surface area contributed by atoms with E-state index in [9.17, 15) is 4.79 Å². The number of nitrogens with zero attached hydrogens (tertiary/aromatic N) is 1. The standard InChI is InChI=1S/C17H25NO3S2/c1-17(2,3)23-10-9-18-14(19)11-22-16(18)15-12(20-4)7-6-8-13(15)21-5/h6-8,16H,9-11H2,1-5H3. The largest absolute Gasteiger partial charge is 0.496 e. The number of hydrogen-bond acceptors (Lipinski definition) is 5. The van der Waals surface area contributed by atoms with Gasteiger partial charge >= 0.3 is 0 Å². The maximum absolute atomic E-state index is 12.3. The Labute approximate surface area is 147 Å². The van der Waals surface area contributed by atoms with Gasteiger partial charge in [0.05, 0.1) is 25.5 Å². The molecule has 1 aromatic rings. The third kappa shape index (κ3) is 4.51. The average molecular weight is 356 g/mol. The van der Waals surface area contributed by atoms with Crippen molar-refractivity contribution in [3.05, 3.63) is 23.8 Å². The van der Waals surface area contributed by atoms with Crippen LogP contribution in [0.15, 0.2) is 18.2 Å². The van der Waals surface area contributed by atoms with Crippen LogP contribution in [-0.4, -0.2) is 47.8 Å². The van der Waals surface area contributed by atoms with E-state index >= 15 is 0 Å². The van der Waals surface area contributed by atoms with Crippen molar-refractivity contribution < 1.29 is 14.3 Å². The Bertz CT molecular complexity index is 535. The molecule has 0 aromatic heterocycles. The minimum atomic E-state index is -0.0471. The lowest BCUT2D eigenvalue weighted by atomic mass is 10.1.